The molecule has 18 heavy (non-hydrogen) atoms. The molecule has 2 saturated carbocycles. The van der Waals surface area contributed by atoms with Crippen LogP contribution in [0.4, 0.5) is 0 Å². The van der Waals surface area contributed by atoms with Crippen LogP contribution in [0.15, 0.2) is 0 Å². The van der Waals surface area contributed by atoms with Gasteiger partial charge in [0, 0.05) is 18.6 Å². The molecule has 1 N–H and O–H groups in total. The summed E-state index contributed by atoms with van der Waals surface area (Å²) >= 11 is 0. The fourth-order valence-corrected chi connectivity index (χ4v) is 3.63. The molecular weight excluding hydrogens is 222 g/mol. The highest BCUT2D eigenvalue weighted by atomic mass is 16.3. The van der Waals surface area contributed by atoms with Crippen LogP contribution in [0.1, 0.15) is 65.7 Å². The highest BCUT2D eigenvalue weighted by molar-refractivity contribution is 4.94. The normalized spacial score (nSPS) is 33.3. The minimum absolute atomic E-state index is 0.0718. The first-order valence-electron chi connectivity index (χ1n) is 8.05. The average Bonchev–Trinajstić information content (AvgIpc) is 3.13. The molecule has 0 spiro atoms. The second kappa shape index (κ2) is 6.38. The first-order valence-corrected chi connectivity index (χ1v) is 8.05. The molecule has 0 aromatic carbocycles. The van der Waals surface area contributed by atoms with Crippen LogP contribution in [0.2, 0.25) is 0 Å². The van der Waals surface area contributed by atoms with Gasteiger partial charge in [-0.2, -0.15) is 0 Å². The molecule has 0 aromatic heterocycles. The molecule has 106 valence electrons. The molecule has 0 aromatic rings. The van der Waals surface area contributed by atoms with E-state index in [9.17, 15) is 5.11 Å². The molecule has 0 heterocycles. The molecule has 2 nitrogen and oxygen atoms in total. The second-order valence-corrected chi connectivity index (χ2v) is 6.92. The Bertz CT molecular complexity index is 249. The molecular formula is C16H31NO. The molecule has 3 unspecified atom stereocenters. The van der Waals surface area contributed by atoms with Gasteiger partial charge in [-0.25, -0.2) is 0 Å². The number of rotatable bonds is 6. The van der Waals surface area contributed by atoms with Crippen molar-refractivity contribution < 1.29 is 5.11 Å². The molecule has 2 aliphatic rings. The van der Waals surface area contributed by atoms with Crippen molar-refractivity contribution in [1.82, 2.24) is 4.90 Å². The summed E-state index contributed by atoms with van der Waals surface area (Å²) in [6.45, 7) is 8.06. The van der Waals surface area contributed by atoms with Gasteiger partial charge in [-0.3, -0.25) is 4.90 Å². The van der Waals surface area contributed by atoms with Crippen LogP contribution in [0.3, 0.4) is 0 Å². The van der Waals surface area contributed by atoms with Crippen LogP contribution in [0.25, 0.3) is 0 Å². The lowest BCUT2D eigenvalue weighted by Crippen LogP contribution is -2.49. The number of hydrogen-bond acceptors (Lipinski definition) is 2. The first-order chi connectivity index (χ1) is 8.61. The number of aliphatic hydroxyl groups excluding tert-OH is 1. The van der Waals surface area contributed by atoms with E-state index >= 15 is 0 Å². The SMILES string of the molecule is CCCC1CCC(O)C(N(CC(C)C)C2CC2)C1. The highest BCUT2D eigenvalue weighted by Crippen LogP contribution is 2.37. The Balaban J connectivity index is 1.97. The average molecular weight is 253 g/mol. The van der Waals surface area contributed by atoms with E-state index in [1.807, 2.05) is 0 Å². The lowest BCUT2D eigenvalue weighted by Gasteiger charge is -2.41. The van der Waals surface area contributed by atoms with Crippen LogP contribution in [-0.4, -0.2) is 34.7 Å². The summed E-state index contributed by atoms with van der Waals surface area (Å²) in [6.07, 6.45) is 8.78. The van der Waals surface area contributed by atoms with Crippen molar-refractivity contribution in [2.75, 3.05) is 6.54 Å². The molecule has 2 heteroatoms. The molecule has 2 aliphatic carbocycles. The summed E-state index contributed by atoms with van der Waals surface area (Å²) in [4.78, 5) is 2.65. The van der Waals surface area contributed by atoms with Crippen molar-refractivity contribution in [2.45, 2.75) is 83.9 Å². The third-order valence-corrected chi connectivity index (χ3v) is 4.60. The van der Waals surface area contributed by atoms with Crippen molar-refractivity contribution in [3.63, 3.8) is 0 Å². The van der Waals surface area contributed by atoms with Gasteiger partial charge in [0.25, 0.3) is 0 Å². The molecule has 3 atom stereocenters. The summed E-state index contributed by atoms with van der Waals surface area (Å²) in [6, 6.07) is 1.23. The topological polar surface area (TPSA) is 23.5 Å². The zero-order valence-corrected chi connectivity index (χ0v) is 12.4. The van der Waals surface area contributed by atoms with E-state index in [1.54, 1.807) is 0 Å². The molecule has 0 bridgehead atoms. The standard InChI is InChI=1S/C16H31NO/c1-4-5-13-6-9-16(18)15(10-13)17(11-12(2)3)14-7-8-14/h12-16,18H,4-11H2,1-3H3. The van der Waals surface area contributed by atoms with E-state index in [4.69, 9.17) is 0 Å². The van der Waals surface area contributed by atoms with E-state index in [2.05, 4.69) is 25.7 Å². The second-order valence-electron chi connectivity index (χ2n) is 6.92. The van der Waals surface area contributed by atoms with Crippen molar-refractivity contribution in [3.05, 3.63) is 0 Å². The predicted molar refractivity (Wildman–Crippen MR) is 76.6 cm³/mol. The zero-order valence-electron chi connectivity index (χ0n) is 12.4. The van der Waals surface area contributed by atoms with Crippen LogP contribution in [0.5, 0.6) is 0 Å². The summed E-state index contributed by atoms with van der Waals surface area (Å²) in [7, 11) is 0. The lowest BCUT2D eigenvalue weighted by molar-refractivity contribution is -0.00707. The quantitative estimate of drug-likeness (QED) is 0.784. The Kier molecular flexibility index (Phi) is 5.08. The smallest absolute Gasteiger partial charge is 0.0695 e. The fraction of sp³-hybridized carbons (Fsp3) is 1.00. The Morgan fingerprint density at radius 2 is 1.89 bits per heavy atom. The van der Waals surface area contributed by atoms with Gasteiger partial charge < -0.3 is 5.11 Å². The molecule has 0 aliphatic heterocycles. The summed E-state index contributed by atoms with van der Waals surface area (Å²) in [5.41, 5.74) is 0. The number of aliphatic hydroxyl groups is 1. The molecule has 0 radical (unpaired) electrons. The van der Waals surface area contributed by atoms with Gasteiger partial charge in [-0.15, -0.1) is 0 Å². The minimum atomic E-state index is -0.0718. The molecule has 0 saturated heterocycles. The molecule has 0 amide bonds. The van der Waals surface area contributed by atoms with Crippen molar-refractivity contribution in [1.29, 1.82) is 0 Å². The third-order valence-electron chi connectivity index (χ3n) is 4.60. The maximum absolute atomic E-state index is 10.4. The summed E-state index contributed by atoms with van der Waals surface area (Å²) in [5, 5.41) is 10.4. The van der Waals surface area contributed by atoms with Gasteiger partial charge in [0.2, 0.25) is 0 Å². The van der Waals surface area contributed by atoms with Crippen molar-refractivity contribution in [3.8, 4) is 0 Å². The van der Waals surface area contributed by atoms with Gasteiger partial charge >= 0.3 is 0 Å². The number of hydrogen-bond donors (Lipinski definition) is 1. The Morgan fingerprint density at radius 3 is 2.44 bits per heavy atom. The van der Waals surface area contributed by atoms with Crippen molar-refractivity contribution >= 4 is 0 Å². The Hall–Kier alpha value is -0.0800. The van der Waals surface area contributed by atoms with E-state index in [0.29, 0.717) is 12.0 Å². The van der Waals surface area contributed by atoms with E-state index < -0.39 is 0 Å². The monoisotopic (exact) mass is 253 g/mol. The zero-order chi connectivity index (χ0) is 13.1. The van der Waals surface area contributed by atoms with Gasteiger partial charge in [0.05, 0.1) is 6.10 Å². The van der Waals surface area contributed by atoms with E-state index in [0.717, 1.165) is 18.4 Å². The van der Waals surface area contributed by atoms with Gasteiger partial charge in [-0.05, 0) is 43.9 Å². The van der Waals surface area contributed by atoms with Crippen LogP contribution in [0, 0.1) is 11.8 Å². The first kappa shape index (κ1) is 14.3. The third kappa shape index (κ3) is 3.71. The number of nitrogens with zero attached hydrogens (tertiary/aromatic N) is 1. The van der Waals surface area contributed by atoms with Gasteiger partial charge in [-0.1, -0.05) is 33.6 Å². The maximum atomic E-state index is 10.4. The Morgan fingerprint density at radius 1 is 1.17 bits per heavy atom. The fourth-order valence-electron chi connectivity index (χ4n) is 3.63. The predicted octanol–water partition coefficient (Wildman–Crippen LogP) is 3.44. The largest absolute Gasteiger partial charge is 0.391 e. The van der Waals surface area contributed by atoms with Crippen molar-refractivity contribution in [2.24, 2.45) is 11.8 Å². The van der Waals surface area contributed by atoms with E-state index in [1.165, 1.54) is 45.1 Å². The van der Waals surface area contributed by atoms with Crippen LogP contribution in [-0.2, 0) is 0 Å². The highest BCUT2D eigenvalue weighted by Gasteiger charge is 2.39. The molecule has 2 rings (SSSR count). The molecule has 2 fully saturated rings. The summed E-state index contributed by atoms with van der Waals surface area (Å²) in [5.74, 6) is 1.57. The van der Waals surface area contributed by atoms with Gasteiger partial charge in [0.15, 0.2) is 0 Å². The minimum Gasteiger partial charge on any atom is -0.391 e. The lowest BCUT2D eigenvalue weighted by atomic mass is 9.80. The van der Waals surface area contributed by atoms with Crippen LogP contribution >= 0.6 is 0 Å². The maximum Gasteiger partial charge on any atom is 0.0695 e. The van der Waals surface area contributed by atoms with Gasteiger partial charge in [0.1, 0.15) is 0 Å². The van der Waals surface area contributed by atoms with Crippen LogP contribution < -0.4 is 0 Å². The Labute approximate surface area is 113 Å². The van der Waals surface area contributed by atoms with E-state index in [-0.39, 0.29) is 6.10 Å². The summed E-state index contributed by atoms with van der Waals surface area (Å²) < 4.78 is 0.